The highest BCUT2D eigenvalue weighted by atomic mass is 32.1. The third-order valence-electron chi connectivity index (χ3n) is 3.64. The third-order valence-corrected chi connectivity index (χ3v) is 4.11. The average Bonchev–Trinajstić information content (AvgIpc) is 2.50. The van der Waals surface area contributed by atoms with Crippen LogP contribution >= 0.6 is 12.2 Å². The lowest BCUT2D eigenvalue weighted by Gasteiger charge is -2.18. The number of methoxy groups -OCH3 is 1. The molecule has 1 heterocycles. The summed E-state index contributed by atoms with van der Waals surface area (Å²) in [6, 6.07) is 7.20. The highest BCUT2D eigenvalue weighted by molar-refractivity contribution is 7.71. The van der Waals surface area contributed by atoms with Gasteiger partial charge in [0, 0.05) is 19.5 Å². The summed E-state index contributed by atoms with van der Waals surface area (Å²) in [5, 5.41) is 0.624. The highest BCUT2D eigenvalue weighted by Gasteiger charge is 2.15. The van der Waals surface area contributed by atoms with Gasteiger partial charge in [0.15, 0.2) is 4.77 Å². The Hall–Kier alpha value is -1.95. The highest BCUT2D eigenvalue weighted by Crippen LogP contribution is 2.16. The fourth-order valence-corrected chi connectivity index (χ4v) is 2.74. The summed E-state index contributed by atoms with van der Waals surface area (Å²) in [6.07, 6.45) is 0.768. The molecule has 1 unspecified atom stereocenters. The van der Waals surface area contributed by atoms with Crippen molar-refractivity contribution in [3.63, 3.8) is 0 Å². The number of rotatable bonds is 4. The molecule has 2 aromatic rings. The molecule has 0 saturated heterocycles. The summed E-state index contributed by atoms with van der Waals surface area (Å²) < 4.78 is 8.48. The van der Waals surface area contributed by atoms with Crippen LogP contribution in [0.5, 0.6) is 0 Å². The first kappa shape index (κ1) is 15.4. The molecule has 21 heavy (non-hydrogen) atoms. The maximum absolute atomic E-state index is 12.6. The predicted octanol–water partition coefficient (Wildman–Crippen LogP) is 2.58. The Labute approximate surface area is 127 Å². The summed E-state index contributed by atoms with van der Waals surface area (Å²) in [7, 11) is 3.20. The maximum atomic E-state index is 12.6. The van der Waals surface area contributed by atoms with Crippen molar-refractivity contribution in [2.75, 3.05) is 7.11 Å². The van der Waals surface area contributed by atoms with Crippen LogP contribution in [0.15, 0.2) is 29.1 Å². The van der Waals surface area contributed by atoms with Gasteiger partial charge in [0.2, 0.25) is 0 Å². The fourth-order valence-electron chi connectivity index (χ4n) is 2.37. The molecule has 0 saturated carbocycles. The van der Waals surface area contributed by atoms with E-state index in [1.807, 2.05) is 36.7 Å². The van der Waals surface area contributed by atoms with Gasteiger partial charge in [-0.25, -0.2) is 0 Å². The summed E-state index contributed by atoms with van der Waals surface area (Å²) in [5.74, 6) is -0.286. The van der Waals surface area contributed by atoms with Gasteiger partial charge in [-0.15, -0.1) is 0 Å². The van der Waals surface area contributed by atoms with Crippen LogP contribution in [0.3, 0.4) is 0 Å². The zero-order chi connectivity index (χ0) is 15.6. The van der Waals surface area contributed by atoms with Crippen LogP contribution in [-0.2, 0) is 16.6 Å². The topological polar surface area (TPSA) is 53.2 Å². The van der Waals surface area contributed by atoms with Crippen LogP contribution in [0.25, 0.3) is 10.9 Å². The number of hydrogen-bond acceptors (Lipinski definition) is 4. The van der Waals surface area contributed by atoms with Gasteiger partial charge in [0.25, 0.3) is 5.56 Å². The van der Waals surface area contributed by atoms with E-state index in [0.29, 0.717) is 16.6 Å². The van der Waals surface area contributed by atoms with E-state index in [1.54, 1.807) is 10.6 Å². The van der Waals surface area contributed by atoms with Gasteiger partial charge < -0.3 is 9.30 Å². The summed E-state index contributed by atoms with van der Waals surface area (Å²) >= 11 is 5.40. The molecule has 0 aliphatic rings. The molecule has 1 atom stereocenters. The first-order valence-electron chi connectivity index (χ1n) is 6.74. The first-order chi connectivity index (χ1) is 9.97. The summed E-state index contributed by atoms with van der Waals surface area (Å²) in [5.41, 5.74) is 0.690. The van der Waals surface area contributed by atoms with E-state index in [0.717, 1.165) is 5.52 Å². The van der Waals surface area contributed by atoms with Crippen molar-refractivity contribution in [3.8, 4) is 0 Å². The minimum absolute atomic E-state index is 0.119. The van der Waals surface area contributed by atoms with Crippen LogP contribution in [0.4, 0.5) is 0 Å². The molecule has 6 heteroatoms. The van der Waals surface area contributed by atoms with Crippen LogP contribution in [0, 0.1) is 4.77 Å². The molecule has 112 valence electrons. The quantitative estimate of drug-likeness (QED) is 0.643. The predicted molar refractivity (Wildman–Crippen MR) is 84.0 cm³/mol. The monoisotopic (exact) mass is 306 g/mol. The number of carbonyl (C=O) groups is 1. The van der Waals surface area contributed by atoms with E-state index in [4.69, 9.17) is 12.2 Å². The Bertz CT molecular complexity index is 792. The Balaban J connectivity index is 2.52. The molecule has 0 aliphatic heterocycles. The Morgan fingerprint density at radius 2 is 2.05 bits per heavy atom. The van der Waals surface area contributed by atoms with Crippen molar-refractivity contribution < 1.29 is 9.53 Å². The lowest BCUT2D eigenvalue weighted by molar-refractivity contribution is -0.140. The normalized spacial score (nSPS) is 12.3. The Kier molecular flexibility index (Phi) is 4.57. The molecule has 5 nitrogen and oxygen atoms in total. The number of nitrogens with zero attached hydrogens (tertiary/aromatic N) is 2. The summed E-state index contributed by atoms with van der Waals surface area (Å²) in [6.45, 7) is 1.88. The molecule has 0 bridgehead atoms. The van der Waals surface area contributed by atoms with Gasteiger partial charge >= 0.3 is 5.97 Å². The lowest BCUT2D eigenvalue weighted by atomic mass is 10.1. The van der Waals surface area contributed by atoms with Crippen molar-refractivity contribution in [2.45, 2.75) is 25.8 Å². The van der Waals surface area contributed by atoms with Crippen molar-refractivity contribution in [1.82, 2.24) is 9.13 Å². The number of fused-ring (bicyclic) bond motifs is 1. The number of ether oxygens (including phenoxy) is 1. The number of carbonyl (C=O) groups excluding carboxylic acids is 1. The van der Waals surface area contributed by atoms with E-state index < -0.39 is 0 Å². The summed E-state index contributed by atoms with van der Waals surface area (Å²) in [4.78, 5) is 23.9. The van der Waals surface area contributed by atoms with Crippen LogP contribution < -0.4 is 5.56 Å². The fraction of sp³-hybridized carbons (Fsp3) is 0.400. The van der Waals surface area contributed by atoms with Gasteiger partial charge in [-0.2, -0.15) is 0 Å². The number of esters is 1. The van der Waals surface area contributed by atoms with Crippen LogP contribution in [0.2, 0.25) is 0 Å². The Morgan fingerprint density at radius 3 is 2.71 bits per heavy atom. The molecule has 2 rings (SSSR count). The molecule has 1 aromatic carbocycles. The van der Waals surface area contributed by atoms with E-state index in [2.05, 4.69) is 4.74 Å². The number of benzene rings is 1. The number of para-hydroxylation sites is 1. The van der Waals surface area contributed by atoms with Crippen molar-refractivity contribution in [3.05, 3.63) is 39.4 Å². The molecular weight excluding hydrogens is 288 g/mol. The molecule has 0 radical (unpaired) electrons. The molecule has 0 N–H and O–H groups in total. The van der Waals surface area contributed by atoms with Crippen molar-refractivity contribution >= 4 is 29.1 Å². The third kappa shape index (κ3) is 2.90. The molecule has 0 fully saturated rings. The van der Waals surface area contributed by atoms with E-state index in [-0.39, 0.29) is 24.0 Å². The second kappa shape index (κ2) is 6.22. The van der Waals surface area contributed by atoms with Gasteiger partial charge in [0.05, 0.1) is 18.0 Å². The van der Waals surface area contributed by atoms with Crippen molar-refractivity contribution in [2.24, 2.45) is 7.05 Å². The average molecular weight is 306 g/mol. The van der Waals surface area contributed by atoms with Gasteiger partial charge in [-0.05, 0) is 37.7 Å². The van der Waals surface area contributed by atoms with Crippen molar-refractivity contribution in [1.29, 1.82) is 0 Å². The molecular formula is C15H18N2O3S. The second-order valence-corrected chi connectivity index (χ2v) is 5.36. The SMILES string of the molecule is COC(=O)CCC(C)n1c(=O)c2ccccc2n(C)c1=S. The minimum atomic E-state index is -0.286. The smallest absolute Gasteiger partial charge is 0.305 e. The number of aromatic nitrogens is 2. The molecule has 1 aromatic heterocycles. The molecule has 0 spiro atoms. The molecule has 0 amide bonds. The lowest BCUT2D eigenvalue weighted by Crippen LogP contribution is -2.27. The van der Waals surface area contributed by atoms with Gasteiger partial charge in [0.1, 0.15) is 0 Å². The zero-order valence-corrected chi connectivity index (χ0v) is 13.1. The van der Waals surface area contributed by atoms with E-state index in [9.17, 15) is 9.59 Å². The van der Waals surface area contributed by atoms with Crippen LogP contribution in [0.1, 0.15) is 25.8 Å². The largest absolute Gasteiger partial charge is 0.469 e. The van der Waals surface area contributed by atoms with E-state index in [1.165, 1.54) is 7.11 Å². The maximum Gasteiger partial charge on any atom is 0.305 e. The van der Waals surface area contributed by atoms with Crippen LogP contribution in [-0.4, -0.2) is 22.2 Å². The minimum Gasteiger partial charge on any atom is -0.469 e. The number of hydrogen-bond donors (Lipinski definition) is 0. The van der Waals surface area contributed by atoms with Gasteiger partial charge in [-0.3, -0.25) is 14.2 Å². The van der Waals surface area contributed by atoms with Gasteiger partial charge in [-0.1, -0.05) is 12.1 Å². The standard InChI is InChI=1S/C15H18N2O3S/c1-10(8-9-13(18)20-3)17-14(19)11-6-4-5-7-12(11)16(2)15(17)21/h4-7,10H,8-9H2,1-3H3. The Morgan fingerprint density at radius 1 is 1.38 bits per heavy atom. The first-order valence-corrected chi connectivity index (χ1v) is 7.15. The molecule has 0 aliphatic carbocycles. The van der Waals surface area contributed by atoms with E-state index >= 15 is 0 Å². The number of aryl methyl sites for hydroxylation is 1. The second-order valence-electron chi connectivity index (χ2n) is 5.00. The zero-order valence-electron chi connectivity index (χ0n) is 12.3.